The first-order valence-corrected chi connectivity index (χ1v) is 4.61. The number of esters is 1. The van der Waals surface area contributed by atoms with Crippen LogP contribution in [0.2, 0.25) is 0 Å². The summed E-state index contributed by atoms with van der Waals surface area (Å²) in [6.07, 6.45) is -0.838. The van der Waals surface area contributed by atoms with E-state index in [0.29, 0.717) is 13.2 Å². The molecule has 1 heterocycles. The maximum Gasteiger partial charge on any atom is 0.313 e. The third-order valence-corrected chi connectivity index (χ3v) is 1.80. The Balaban J connectivity index is 2.29. The maximum absolute atomic E-state index is 11.4. The molecule has 5 heteroatoms. The van der Waals surface area contributed by atoms with Crippen molar-refractivity contribution in [1.29, 1.82) is 0 Å². The second kappa shape index (κ2) is 5.72. The fourth-order valence-electron chi connectivity index (χ4n) is 1.14. The lowest BCUT2D eigenvalue weighted by Gasteiger charge is -2.21. The zero-order valence-electron chi connectivity index (χ0n) is 8.15. The lowest BCUT2D eigenvalue weighted by Crippen LogP contribution is -2.36. The summed E-state index contributed by atoms with van der Waals surface area (Å²) in [6, 6.07) is 0. The Bertz CT molecular complexity index is 207. The minimum absolute atomic E-state index is 0.234. The average Bonchev–Trinajstić information content (AvgIpc) is 2.19. The summed E-state index contributed by atoms with van der Waals surface area (Å²) in [4.78, 5) is 22.3. The van der Waals surface area contributed by atoms with Gasteiger partial charge in [-0.05, 0) is 6.92 Å². The number of carbonyl (C=O) groups is 2. The van der Waals surface area contributed by atoms with E-state index in [9.17, 15) is 9.59 Å². The first-order chi connectivity index (χ1) is 6.74. The number of ketones is 1. The lowest BCUT2D eigenvalue weighted by molar-refractivity contribution is -0.154. The summed E-state index contributed by atoms with van der Waals surface area (Å²) in [7, 11) is 0. The molecule has 0 spiro atoms. The van der Waals surface area contributed by atoms with Crippen LogP contribution in [0.15, 0.2) is 0 Å². The Kier molecular flexibility index (Phi) is 4.55. The topological polar surface area (TPSA) is 61.8 Å². The van der Waals surface area contributed by atoms with Crippen LogP contribution in [0, 0.1) is 0 Å². The molecule has 1 aliphatic heterocycles. The highest BCUT2D eigenvalue weighted by Crippen LogP contribution is 2.04. The zero-order chi connectivity index (χ0) is 10.4. The van der Waals surface area contributed by atoms with E-state index in [4.69, 9.17) is 9.47 Å². The van der Waals surface area contributed by atoms with Gasteiger partial charge in [0, 0.05) is 0 Å². The predicted molar refractivity (Wildman–Crippen MR) is 46.8 cm³/mol. The highest BCUT2D eigenvalue weighted by molar-refractivity contribution is 5.98. The predicted octanol–water partition coefficient (Wildman–Crippen LogP) is -0.0759. The molecule has 1 fully saturated rings. The van der Waals surface area contributed by atoms with Crippen LogP contribution < -0.4 is 0 Å². The SMILES string of the molecule is CCOC(=O)CC(=O)C1COCCO1. The molecule has 1 atom stereocenters. The van der Waals surface area contributed by atoms with Gasteiger partial charge in [-0.1, -0.05) is 0 Å². The fourth-order valence-corrected chi connectivity index (χ4v) is 1.14. The van der Waals surface area contributed by atoms with E-state index >= 15 is 0 Å². The molecular weight excluding hydrogens is 188 g/mol. The van der Waals surface area contributed by atoms with Gasteiger partial charge in [-0.2, -0.15) is 0 Å². The second-order valence-corrected chi connectivity index (χ2v) is 2.88. The molecule has 0 N–H and O–H groups in total. The molecule has 14 heavy (non-hydrogen) atoms. The summed E-state index contributed by atoms with van der Waals surface area (Å²) in [6.45, 7) is 3.12. The number of rotatable bonds is 4. The molecule has 0 amide bonds. The van der Waals surface area contributed by atoms with E-state index in [0.717, 1.165) is 0 Å². The van der Waals surface area contributed by atoms with Crippen molar-refractivity contribution in [3.8, 4) is 0 Å². The third-order valence-electron chi connectivity index (χ3n) is 1.80. The van der Waals surface area contributed by atoms with Crippen molar-refractivity contribution >= 4 is 11.8 Å². The third kappa shape index (κ3) is 3.43. The number of carbonyl (C=O) groups excluding carboxylic acids is 2. The Labute approximate surface area is 82.3 Å². The molecule has 1 aliphatic rings. The van der Waals surface area contributed by atoms with Crippen molar-refractivity contribution in [2.45, 2.75) is 19.4 Å². The lowest BCUT2D eigenvalue weighted by atomic mass is 10.2. The number of hydrogen-bond acceptors (Lipinski definition) is 5. The van der Waals surface area contributed by atoms with Crippen molar-refractivity contribution in [2.75, 3.05) is 26.4 Å². The van der Waals surface area contributed by atoms with Crippen LogP contribution in [0.4, 0.5) is 0 Å². The van der Waals surface area contributed by atoms with Gasteiger partial charge in [0.1, 0.15) is 12.5 Å². The van der Waals surface area contributed by atoms with Crippen LogP contribution >= 0.6 is 0 Å². The van der Waals surface area contributed by atoms with Crippen LogP contribution in [0.5, 0.6) is 0 Å². The Morgan fingerprint density at radius 2 is 2.21 bits per heavy atom. The fraction of sp³-hybridized carbons (Fsp3) is 0.778. The standard InChI is InChI=1S/C9H14O5/c1-2-13-9(11)5-7(10)8-6-12-3-4-14-8/h8H,2-6H2,1H3. The van der Waals surface area contributed by atoms with Gasteiger partial charge in [0.05, 0.1) is 26.4 Å². The minimum Gasteiger partial charge on any atom is -0.466 e. The molecule has 0 aromatic carbocycles. The molecule has 1 saturated heterocycles. The van der Waals surface area contributed by atoms with Crippen molar-refractivity contribution in [1.82, 2.24) is 0 Å². The molecule has 0 bridgehead atoms. The summed E-state index contributed by atoms with van der Waals surface area (Å²) >= 11 is 0. The molecule has 0 aromatic rings. The van der Waals surface area contributed by atoms with Gasteiger partial charge in [0.25, 0.3) is 0 Å². The minimum atomic E-state index is -0.604. The molecule has 0 radical (unpaired) electrons. The molecule has 80 valence electrons. The normalized spacial score (nSPS) is 21.6. The smallest absolute Gasteiger partial charge is 0.313 e. The summed E-state index contributed by atoms with van der Waals surface area (Å²) in [5.41, 5.74) is 0. The summed E-state index contributed by atoms with van der Waals surface area (Å²) < 4.78 is 14.8. The van der Waals surface area contributed by atoms with Crippen molar-refractivity contribution in [2.24, 2.45) is 0 Å². The van der Waals surface area contributed by atoms with Gasteiger partial charge in [0.15, 0.2) is 5.78 Å². The van der Waals surface area contributed by atoms with Crippen LogP contribution in [-0.2, 0) is 23.8 Å². The van der Waals surface area contributed by atoms with Gasteiger partial charge < -0.3 is 14.2 Å². The van der Waals surface area contributed by atoms with Crippen LogP contribution in [-0.4, -0.2) is 44.3 Å². The van der Waals surface area contributed by atoms with Gasteiger partial charge >= 0.3 is 5.97 Å². The average molecular weight is 202 g/mol. The zero-order valence-corrected chi connectivity index (χ0v) is 8.15. The Morgan fingerprint density at radius 3 is 2.79 bits per heavy atom. The maximum atomic E-state index is 11.4. The van der Waals surface area contributed by atoms with Crippen molar-refractivity contribution in [3.05, 3.63) is 0 Å². The van der Waals surface area contributed by atoms with Crippen LogP contribution in [0.3, 0.4) is 0 Å². The van der Waals surface area contributed by atoms with Crippen LogP contribution in [0.25, 0.3) is 0 Å². The quantitative estimate of drug-likeness (QED) is 0.471. The van der Waals surface area contributed by atoms with Crippen LogP contribution in [0.1, 0.15) is 13.3 Å². The van der Waals surface area contributed by atoms with E-state index in [2.05, 4.69) is 4.74 Å². The molecular formula is C9H14O5. The van der Waals surface area contributed by atoms with E-state index in [1.807, 2.05) is 0 Å². The number of hydrogen-bond donors (Lipinski definition) is 0. The summed E-state index contributed by atoms with van der Waals surface area (Å²) in [5, 5.41) is 0. The van der Waals surface area contributed by atoms with Gasteiger partial charge in [-0.3, -0.25) is 9.59 Å². The molecule has 1 rings (SSSR count). The first-order valence-electron chi connectivity index (χ1n) is 4.61. The molecule has 0 saturated carbocycles. The second-order valence-electron chi connectivity index (χ2n) is 2.88. The van der Waals surface area contributed by atoms with E-state index < -0.39 is 12.1 Å². The number of Topliss-reactive ketones (excluding diaryl/α,β-unsaturated/α-hetero) is 1. The highest BCUT2D eigenvalue weighted by Gasteiger charge is 2.24. The monoisotopic (exact) mass is 202 g/mol. The van der Waals surface area contributed by atoms with E-state index in [1.165, 1.54) is 0 Å². The van der Waals surface area contributed by atoms with Gasteiger partial charge in [-0.25, -0.2) is 0 Å². The van der Waals surface area contributed by atoms with Gasteiger partial charge in [-0.15, -0.1) is 0 Å². The largest absolute Gasteiger partial charge is 0.466 e. The Morgan fingerprint density at radius 1 is 1.43 bits per heavy atom. The van der Waals surface area contributed by atoms with Crippen molar-refractivity contribution in [3.63, 3.8) is 0 Å². The first kappa shape index (κ1) is 11.1. The van der Waals surface area contributed by atoms with Gasteiger partial charge in [0.2, 0.25) is 0 Å². The highest BCUT2D eigenvalue weighted by atomic mass is 16.6. The number of ether oxygens (including phenoxy) is 3. The molecule has 5 nitrogen and oxygen atoms in total. The molecule has 0 aromatic heterocycles. The Hall–Kier alpha value is -0.940. The molecule has 1 unspecified atom stereocenters. The summed E-state index contributed by atoms with van der Waals surface area (Å²) in [5.74, 6) is -0.783. The van der Waals surface area contributed by atoms with Crippen molar-refractivity contribution < 1.29 is 23.8 Å². The van der Waals surface area contributed by atoms with E-state index in [1.54, 1.807) is 6.92 Å². The van der Waals surface area contributed by atoms with E-state index in [-0.39, 0.29) is 25.4 Å². The molecule has 0 aliphatic carbocycles.